The Balaban J connectivity index is 2.12. The number of hydrogen-bond donors (Lipinski definition) is 2. The molecule has 4 heteroatoms. The smallest absolute Gasteiger partial charge is 0.148 e. The van der Waals surface area contributed by atoms with E-state index in [0.29, 0.717) is 0 Å². The van der Waals surface area contributed by atoms with Crippen LogP contribution in [-0.4, -0.2) is 22.5 Å². The maximum absolute atomic E-state index is 4.22. The number of nitrogens with zero attached hydrogens (tertiary/aromatic N) is 2. The van der Waals surface area contributed by atoms with E-state index in [1.165, 1.54) is 5.56 Å². The highest BCUT2D eigenvalue weighted by molar-refractivity contribution is 7.80. The second kappa shape index (κ2) is 6.40. The van der Waals surface area contributed by atoms with Gasteiger partial charge in [0.15, 0.2) is 0 Å². The topological polar surface area (TPSA) is 37.8 Å². The molecule has 1 aromatic carbocycles. The Hall–Kier alpha value is -1.55. The molecule has 2 rings (SSSR count). The lowest BCUT2D eigenvalue weighted by molar-refractivity contribution is 1.02. The molecule has 0 aliphatic carbocycles. The first kappa shape index (κ1) is 12.9. The molecule has 18 heavy (non-hydrogen) atoms. The lowest BCUT2D eigenvalue weighted by Gasteiger charge is -2.04. The Kier molecular flexibility index (Phi) is 4.59. The van der Waals surface area contributed by atoms with Crippen LogP contribution < -0.4 is 5.32 Å². The molecule has 0 saturated heterocycles. The van der Waals surface area contributed by atoms with Crippen LogP contribution in [0.1, 0.15) is 12.5 Å². The number of aryl methyl sites for hydroxylation is 1. The third-order valence-electron chi connectivity index (χ3n) is 2.74. The molecule has 1 heterocycles. The summed E-state index contributed by atoms with van der Waals surface area (Å²) in [6.07, 6.45) is 1.05. The number of thiol groups is 1. The van der Waals surface area contributed by atoms with E-state index in [1.807, 2.05) is 12.1 Å². The Morgan fingerprint density at radius 3 is 2.39 bits per heavy atom. The first-order chi connectivity index (χ1) is 8.83. The van der Waals surface area contributed by atoms with Crippen LogP contribution in [-0.2, 0) is 6.42 Å². The van der Waals surface area contributed by atoms with Crippen LogP contribution in [0.15, 0.2) is 36.4 Å². The van der Waals surface area contributed by atoms with Gasteiger partial charge in [0.05, 0.1) is 5.69 Å². The Bertz CT molecular complexity index is 479. The van der Waals surface area contributed by atoms with Crippen molar-refractivity contribution in [1.82, 2.24) is 10.2 Å². The fourth-order valence-corrected chi connectivity index (χ4v) is 1.79. The van der Waals surface area contributed by atoms with E-state index in [1.54, 1.807) is 0 Å². The fraction of sp³-hybridized carbons (Fsp3) is 0.286. The molecule has 1 aromatic heterocycles. The highest BCUT2D eigenvalue weighted by Crippen LogP contribution is 2.17. The van der Waals surface area contributed by atoms with Gasteiger partial charge in [-0.2, -0.15) is 12.6 Å². The molecule has 94 valence electrons. The van der Waals surface area contributed by atoms with Crippen LogP contribution in [0.3, 0.4) is 0 Å². The van der Waals surface area contributed by atoms with Gasteiger partial charge in [-0.3, -0.25) is 0 Å². The Morgan fingerprint density at radius 2 is 1.83 bits per heavy atom. The molecule has 2 aromatic rings. The summed E-state index contributed by atoms with van der Waals surface area (Å²) in [4.78, 5) is 0. The first-order valence-electron chi connectivity index (χ1n) is 6.11. The van der Waals surface area contributed by atoms with Gasteiger partial charge < -0.3 is 5.32 Å². The highest BCUT2D eigenvalue weighted by Gasteiger charge is 2.00. The van der Waals surface area contributed by atoms with Crippen molar-refractivity contribution < 1.29 is 0 Å². The van der Waals surface area contributed by atoms with Crippen LogP contribution in [0.25, 0.3) is 11.3 Å². The molecule has 1 N–H and O–H groups in total. The summed E-state index contributed by atoms with van der Waals surface area (Å²) >= 11 is 4.14. The van der Waals surface area contributed by atoms with Crippen molar-refractivity contribution in [2.45, 2.75) is 13.3 Å². The van der Waals surface area contributed by atoms with Crippen LogP contribution >= 0.6 is 12.6 Å². The second-order valence-electron chi connectivity index (χ2n) is 4.00. The zero-order valence-corrected chi connectivity index (χ0v) is 11.3. The van der Waals surface area contributed by atoms with Crippen molar-refractivity contribution >= 4 is 18.4 Å². The molecule has 0 aliphatic rings. The average Bonchev–Trinajstić information content (AvgIpc) is 2.46. The second-order valence-corrected chi connectivity index (χ2v) is 4.45. The molecule has 0 fully saturated rings. The molecular weight excluding hydrogens is 242 g/mol. The summed E-state index contributed by atoms with van der Waals surface area (Å²) in [5.74, 6) is 1.57. The van der Waals surface area contributed by atoms with Crippen LogP contribution in [0.4, 0.5) is 5.82 Å². The zero-order valence-electron chi connectivity index (χ0n) is 10.4. The quantitative estimate of drug-likeness (QED) is 0.810. The molecule has 0 amide bonds. The van der Waals surface area contributed by atoms with Crippen molar-refractivity contribution in [2.75, 3.05) is 17.6 Å². The van der Waals surface area contributed by atoms with Gasteiger partial charge in [-0.15, -0.1) is 10.2 Å². The molecule has 0 unspecified atom stereocenters. The third kappa shape index (κ3) is 3.23. The molecule has 0 aliphatic heterocycles. The van der Waals surface area contributed by atoms with E-state index in [-0.39, 0.29) is 0 Å². The lowest BCUT2D eigenvalue weighted by atomic mass is 10.1. The van der Waals surface area contributed by atoms with E-state index >= 15 is 0 Å². The summed E-state index contributed by atoms with van der Waals surface area (Å²) in [6, 6.07) is 12.4. The van der Waals surface area contributed by atoms with Crippen LogP contribution in [0.2, 0.25) is 0 Å². The van der Waals surface area contributed by atoms with Crippen molar-refractivity contribution in [2.24, 2.45) is 0 Å². The maximum Gasteiger partial charge on any atom is 0.148 e. The van der Waals surface area contributed by atoms with Crippen molar-refractivity contribution in [3.8, 4) is 11.3 Å². The highest BCUT2D eigenvalue weighted by atomic mass is 32.1. The summed E-state index contributed by atoms with van der Waals surface area (Å²) in [7, 11) is 0. The molecule has 0 bridgehead atoms. The van der Waals surface area contributed by atoms with Gasteiger partial charge in [0, 0.05) is 17.9 Å². The molecular formula is C14H17N3S. The number of hydrogen-bond acceptors (Lipinski definition) is 4. The molecule has 0 saturated carbocycles. The van der Waals surface area contributed by atoms with Crippen molar-refractivity contribution in [1.29, 1.82) is 0 Å². The molecule has 0 atom stereocenters. The molecule has 3 nitrogen and oxygen atoms in total. The van der Waals surface area contributed by atoms with E-state index < -0.39 is 0 Å². The number of anilines is 1. The maximum atomic E-state index is 4.22. The summed E-state index contributed by atoms with van der Waals surface area (Å²) < 4.78 is 0. The van der Waals surface area contributed by atoms with Crippen LogP contribution in [0, 0.1) is 0 Å². The number of benzene rings is 1. The number of rotatable bonds is 5. The normalized spacial score (nSPS) is 10.3. The van der Waals surface area contributed by atoms with Gasteiger partial charge in [-0.25, -0.2) is 0 Å². The number of aromatic nitrogens is 2. The SMILES string of the molecule is CCc1ccc(-c2ccc(NCCS)nn2)cc1. The lowest BCUT2D eigenvalue weighted by Crippen LogP contribution is -2.05. The predicted molar refractivity (Wildman–Crippen MR) is 79.2 cm³/mol. The van der Waals surface area contributed by atoms with E-state index in [2.05, 4.69) is 59.3 Å². The largest absolute Gasteiger partial charge is 0.368 e. The average molecular weight is 259 g/mol. The Labute approximate surface area is 113 Å². The van der Waals surface area contributed by atoms with Crippen molar-refractivity contribution in [3.05, 3.63) is 42.0 Å². The van der Waals surface area contributed by atoms with Gasteiger partial charge >= 0.3 is 0 Å². The summed E-state index contributed by atoms with van der Waals surface area (Å²) in [5.41, 5.74) is 3.33. The van der Waals surface area contributed by atoms with E-state index in [4.69, 9.17) is 0 Å². The number of nitrogens with one attached hydrogen (secondary N) is 1. The fourth-order valence-electron chi connectivity index (χ4n) is 1.68. The minimum atomic E-state index is 0.780. The van der Waals surface area contributed by atoms with Gasteiger partial charge in [0.1, 0.15) is 5.82 Å². The third-order valence-corrected chi connectivity index (χ3v) is 2.96. The van der Waals surface area contributed by atoms with Gasteiger partial charge in [-0.05, 0) is 24.1 Å². The zero-order chi connectivity index (χ0) is 12.8. The minimum Gasteiger partial charge on any atom is -0.368 e. The van der Waals surface area contributed by atoms with Crippen LogP contribution in [0.5, 0.6) is 0 Å². The predicted octanol–water partition coefficient (Wildman–Crippen LogP) is 3.05. The minimum absolute atomic E-state index is 0.780. The summed E-state index contributed by atoms with van der Waals surface area (Å²) in [5, 5.41) is 11.5. The standard InChI is InChI=1S/C14H17N3S/c1-2-11-3-5-12(6-4-11)13-7-8-14(17-16-13)15-9-10-18/h3-8,18H,2,9-10H2,1H3,(H,15,17). The van der Waals surface area contributed by atoms with Gasteiger partial charge in [-0.1, -0.05) is 31.2 Å². The van der Waals surface area contributed by atoms with E-state index in [9.17, 15) is 0 Å². The van der Waals surface area contributed by atoms with Gasteiger partial charge in [0.25, 0.3) is 0 Å². The summed E-state index contributed by atoms with van der Waals surface area (Å²) in [6.45, 7) is 2.94. The van der Waals surface area contributed by atoms with Gasteiger partial charge in [0.2, 0.25) is 0 Å². The first-order valence-corrected chi connectivity index (χ1v) is 6.74. The van der Waals surface area contributed by atoms with Crippen molar-refractivity contribution in [3.63, 3.8) is 0 Å². The molecule has 0 spiro atoms. The van der Waals surface area contributed by atoms with E-state index in [0.717, 1.165) is 35.8 Å². The molecule has 0 radical (unpaired) electrons. The monoisotopic (exact) mass is 259 g/mol. The Morgan fingerprint density at radius 1 is 1.06 bits per heavy atom.